The van der Waals surface area contributed by atoms with Gasteiger partial charge in [-0.1, -0.05) is 30.3 Å². The van der Waals surface area contributed by atoms with Gasteiger partial charge in [0.15, 0.2) is 17.3 Å². The number of ether oxygens (including phenoxy) is 1. The number of anilines is 2. The maximum absolute atomic E-state index is 12.6. The molecule has 1 amide bonds. The predicted molar refractivity (Wildman–Crippen MR) is 107 cm³/mol. The minimum absolute atomic E-state index is 0.250. The summed E-state index contributed by atoms with van der Waals surface area (Å²) in [5.41, 5.74) is 0.821. The summed E-state index contributed by atoms with van der Waals surface area (Å²) in [7, 11) is 0. The molecular formula is C21H22N4O2. The second-order valence-electron chi connectivity index (χ2n) is 5.81. The summed E-state index contributed by atoms with van der Waals surface area (Å²) in [5, 5.41) is 11.1. The summed E-state index contributed by atoms with van der Waals surface area (Å²) in [6, 6.07) is 20.2. The summed E-state index contributed by atoms with van der Waals surface area (Å²) in [4.78, 5) is 14.6. The van der Waals surface area contributed by atoms with Crippen molar-refractivity contribution in [3.8, 4) is 11.5 Å². The highest BCUT2D eigenvalue weighted by atomic mass is 16.5. The number of benzene rings is 2. The number of carbonyl (C=O) groups excluding carboxylic acids is 1. The van der Waals surface area contributed by atoms with Crippen LogP contribution in [0.1, 0.15) is 24.3 Å². The van der Waals surface area contributed by atoms with Gasteiger partial charge in [0.05, 0.1) is 5.69 Å². The fraction of sp³-hybridized carbons (Fsp3) is 0.190. The summed E-state index contributed by atoms with van der Waals surface area (Å²) >= 11 is 0. The SMILES string of the molecule is CCN(CC)c1ccc(C(=O)Nc2ccccc2Oc2ccccc2)nn1. The molecule has 2 aromatic carbocycles. The standard InChI is InChI=1S/C21H22N4O2/c1-3-25(4-2)20-15-14-18(23-24-20)21(26)22-17-12-8-9-13-19(17)27-16-10-6-5-7-11-16/h5-15H,3-4H2,1-2H3,(H,22,26). The predicted octanol–water partition coefficient (Wildman–Crippen LogP) is 4.37. The van der Waals surface area contributed by atoms with E-state index >= 15 is 0 Å². The summed E-state index contributed by atoms with van der Waals surface area (Å²) in [6.45, 7) is 5.77. The highest BCUT2D eigenvalue weighted by molar-refractivity contribution is 6.03. The van der Waals surface area contributed by atoms with Gasteiger partial charge in [-0.15, -0.1) is 10.2 Å². The van der Waals surface area contributed by atoms with E-state index in [1.807, 2.05) is 42.5 Å². The van der Waals surface area contributed by atoms with E-state index in [9.17, 15) is 4.79 Å². The molecular weight excluding hydrogens is 340 g/mol. The van der Waals surface area contributed by atoms with Crippen LogP contribution < -0.4 is 15.0 Å². The van der Waals surface area contributed by atoms with Gasteiger partial charge in [-0.25, -0.2) is 0 Å². The van der Waals surface area contributed by atoms with Gasteiger partial charge in [0.1, 0.15) is 5.75 Å². The second kappa shape index (κ2) is 8.80. The molecule has 0 radical (unpaired) electrons. The zero-order chi connectivity index (χ0) is 19.1. The molecule has 0 spiro atoms. The Bertz CT molecular complexity index is 878. The molecule has 0 aliphatic carbocycles. The third-order valence-electron chi connectivity index (χ3n) is 4.08. The lowest BCUT2D eigenvalue weighted by Crippen LogP contribution is -2.24. The van der Waals surface area contributed by atoms with Crippen LogP contribution in [0.4, 0.5) is 11.5 Å². The molecule has 6 nitrogen and oxygen atoms in total. The number of nitrogens with zero attached hydrogens (tertiary/aromatic N) is 3. The van der Waals surface area contributed by atoms with Crippen molar-refractivity contribution in [1.82, 2.24) is 10.2 Å². The number of amides is 1. The van der Waals surface area contributed by atoms with Crippen molar-refractivity contribution in [2.24, 2.45) is 0 Å². The Labute approximate surface area is 158 Å². The Balaban J connectivity index is 1.74. The van der Waals surface area contributed by atoms with E-state index in [-0.39, 0.29) is 11.6 Å². The van der Waals surface area contributed by atoms with Gasteiger partial charge in [0, 0.05) is 13.1 Å². The molecule has 0 atom stereocenters. The molecule has 3 rings (SSSR count). The molecule has 0 unspecified atom stereocenters. The topological polar surface area (TPSA) is 67.4 Å². The smallest absolute Gasteiger partial charge is 0.276 e. The largest absolute Gasteiger partial charge is 0.455 e. The lowest BCUT2D eigenvalue weighted by molar-refractivity contribution is 0.102. The molecule has 1 aromatic heterocycles. The highest BCUT2D eigenvalue weighted by Gasteiger charge is 2.13. The zero-order valence-corrected chi connectivity index (χ0v) is 15.4. The first kappa shape index (κ1) is 18.4. The van der Waals surface area contributed by atoms with Gasteiger partial charge >= 0.3 is 0 Å². The van der Waals surface area contributed by atoms with Crippen LogP contribution in [-0.2, 0) is 0 Å². The highest BCUT2D eigenvalue weighted by Crippen LogP contribution is 2.29. The normalized spacial score (nSPS) is 10.3. The first-order chi connectivity index (χ1) is 13.2. The van der Waals surface area contributed by atoms with Crippen LogP contribution in [0, 0.1) is 0 Å². The Morgan fingerprint density at radius 2 is 1.63 bits per heavy atom. The van der Waals surface area contributed by atoms with Crippen molar-refractivity contribution >= 4 is 17.4 Å². The quantitative estimate of drug-likeness (QED) is 0.676. The molecule has 6 heteroatoms. The average Bonchev–Trinajstić information content (AvgIpc) is 2.72. The molecule has 1 heterocycles. The molecule has 3 aromatic rings. The first-order valence-corrected chi connectivity index (χ1v) is 8.93. The minimum Gasteiger partial charge on any atom is -0.455 e. The van der Waals surface area contributed by atoms with E-state index < -0.39 is 0 Å². The van der Waals surface area contributed by atoms with E-state index in [1.54, 1.807) is 24.3 Å². The summed E-state index contributed by atoms with van der Waals surface area (Å²) < 4.78 is 5.87. The van der Waals surface area contributed by atoms with Crippen molar-refractivity contribution in [2.75, 3.05) is 23.3 Å². The third-order valence-corrected chi connectivity index (χ3v) is 4.08. The molecule has 0 saturated carbocycles. The Morgan fingerprint density at radius 1 is 0.926 bits per heavy atom. The zero-order valence-electron chi connectivity index (χ0n) is 15.4. The van der Waals surface area contributed by atoms with E-state index in [4.69, 9.17) is 4.74 Å². The third kappa shape index (κ3) is 4.61. The van der Waals surface area contributed by atoms with Crippen molar-refractivity contribution in [3.05, 3.63) is 72.4 Å². The maximum Gasteiger partial charge on any atom is 0.276 e. The molecule has 27 heavy (non-hydrogen) atoms. The van der Waals surface area contributed by atoms with Crippen LogP contribution in [0.2, 0.25) is 0 Å². The molecule has 0 fully saturated rings. The summed E-state index contributed by atoms with van der Waals surface area (Å²) in [6.07, 6.45) is 0. The molecule has 1 N–H and O–H groups in total. The fourth-order valence-corrected chi connectivity index (χ4v) is 2.62. The monoisotopic (exact) mass is 362 g/mol. The van der Waals surface area contributed by atoms with Crippen molar-refractivity contribution in [3.63, 3.8) is 0 Å². The second-order valence-corrected chi connectivity index (χ2v) is 5.81. The Kier molecular flexibility index (Phi) is 5.99. The van der Waals surface area contributed by atoms with Crippen molar-refractivity contribution in [2.45, 2.75) is 13.8 Å². The minimum atomic E-state index is -0.335. The van der Waals surface area contributed by atoms with E-state index in [2.05, 4.69) is 34.3 Å². The molecule has 138 valence electrons. The lowest BCUT2D eigenvalue weighted by atomic mass is 10.2. The van der Waals surface area contributed by atoms with Crippen LogP contribution in [-0.4, -0.2) is 29.2 Å². The van der Waals surface area contributed by atoms with Gasteiger partial charge in [-0.2, -0.15) is 0 Å². The van der Waals surface area contributed by atoms with Gasteiger partial charge in [0.25, 0.3) is 5.91 Å². The van der Waals surface area contributed by atoms with E-state index in [0.717, 1.165) is 18.9 Å². The number of rotatable bonds is 7. The van der Waals surface area contributed by atoms with Crippen LogP contribution in [0.5, 0.6) is 11.5 Å². The van der Waals surface area contributed by atoms with Crippen LogP contribution in [0.25, 0.3) is 0 Å². The average molecular weight is 362 g/mol. The number of nitrogens with one attached hydrogen (secondary N) is 1. The van der Waals surface area contributed by atoms with Gasteiger partial charge in [-0.05, 0) is 50.2 Å². The summed E-state index contributed by atoms with van der Waals surface area (Å²) in [5.74, 6) is 1.68. The van der Waals surface area contributed by atoms with Crippen molar-refractivity contribution in [1.29, 1.82) is 0 Å². The number of para-hydroxylation sites is 3. The Hall–Kier alpha value is -3.41. The number of hydrogen-bond acceptors (Lipinski definition) is 5. The van der Waals surface area contributed by atoms with Crippen LogP contribution >= 0.6 is 0 Å². The van der Waals surface area contributed by atoms with E-state index in [1.165, 1.54) is 0 Å². The van der Waals surface area contributed by atoms with Crippen LogP contribution in [0.3, 0.4) is 0 Å². The molecule has 0 saturated heterocycles. The number of aromatic nitrogens is 2. The van der Waals surface area contributed by atoms with Crippen molar-refractivity contribution < 1.29 is 9.53 Å². The Morgan fingerprint density at radius 3 is 2.30 bits per heavy atom. The first-order valence-electron chi connectivity index (χ1n) is 8.93. The maximum atomic E-state index is 12.6. The lowest BCUT2D eigenvalue weighted by Gasteiger charge is -2.18. The molecule has 0 bridgehead atoms. The van der Waals surface area contributed by atoms with E-state index in [0.29, 0.717) is 17.2 Å². The molecule has 0 aliphatic heterocycles. The number of hydrogen-bond donors (Lipinski definition) is 1. The van der Waals surface area contributed by atoms with Gasteiger partial charge in [-0.3, -0.25) is 4.79 Å². The van der Waals surface area contributed by atoms with Crippen LogP contribution in [0.15, 0.2) is 66.7 Å². The fourth-order valence-electron chi connectivity index (χ4n) is 2.62. The van der Waals surface area contributed by atoms with Gasteiger partial charge < -0.3 is 15.0 Å². The number of carbonyl (C=O) groups is 1. The molecule has 0 aliphatic rings. The van der Waals surface area contributed by atoms with Gasteiger partial charge in [0.2, 0.25) is 0 Å².